The molecule has 2 aromatic heterocycles. The first-order valence-electron chi connectivity index (χ1n) is 6.34. The Morgan fingerprint density at radius 3 is 2.85 bits per heavy atom. The largest absolute Gasteiger partial charge is 0.364 e. The van der Waals surface area contributed by atoms with Gasteiger partial charge in [0, 0.05) is 37.5 Å². The highest BCUT2D eigenvalue weighted by atomic mass is 32.1. The van der Waals surface area contributed by atoms with Crippen molar-refractivity contribution >= 4 is 22.8 Å². The molecule has 2 aromatic rings. The van der Waals surface area contributed by atoms with E-state index in [4.69, 9.17) is 0 Å². The number of nitro groups is 1. The minimum atomic E-state index is -0.367. The molecule has 0 spiro atoms. The number of anilines is 1. The van der Waals surface area contributed by atoms with Crippen LogP contribution in [0.25, 0.3) is 0 Å². The minimum Gasteiger partial charge on any atom is -0.364 e. The fourth-order valence-electron chi connectivity index (χ4n) is 1.96. The summed E-state index contributed by atoms with van der Waals surface area (Å²) >= 11 is 1.58. The lowest BCUT2D eigenvalue weighted by Crippen LogP contribution is -2.09. The Morgan fingerprint density at radius 1 is 1.55 bits per heavy atom. The first-order chi connectivity index (χ1) is 9.50. The second-order valence-electron chi connectivity index (χ2n) is 4.72. The molecule has 2 rings (SSSR count). The van der Waals surface area contributed by atoms with Gasteiger partial charge in [0.15, 0.2) is 0 Å². The van der Waals surface area contributed by atoms with Crippen molar-refractivity contribution in [3.8, 4) is 0 Å². The number of aromatic nitrogens is 3. The average molecular weight is 295 g/mol. The molecule has 7 nitrogen and oxygen atoms in total. The molecule has 108 valence electrons. The SMILES string of the molecule is CC(C)c1nn(C)c(NCCc2nccs2)c1[N+](=O)[O-]. The molecule has 0 aliphatic heterocycles. The van der Waals surface area contributed by atoms with Crippen molar-refractivity contribution in [3.05, 3.63) is 32.4 Å². The van der Waals surface area contributed by atoms with Crippen molar-refractivity contribution in [2.24, 2.45) is 7.05 Å². The zero-order valence-corrected chi connectivity index (χ0v) is 12.5. The Balaban J connectivity index is 2.16. The van der Waals surface area contributed by atoms with E-state index in [9.17, 15) is 10.1 Å². The lowest BCUT2D eigenvalue weighted by atomic mass is 10.1. The zero-order valence-electron chi connectivity index (χ0n) is 11.7. The monoisotopic (exact) mass is 295 g/mol. The molecule has 8 heteroatoms. The number of thiazole rings is 1. The highest BCUT2D eigenvalue weighted by Crippen LogP contribution is 2.32. The summed E-state index contributed by atoms with van der Waals surface area (Å²) in [5.74, 6) is 0.464. The van der Waals surface area contributed by atoms with Crippen molar-refractivity contribution in [1.29, 1.82) is 0 Å². The van der Waals surface area contributed by atoms with Crippen LogP contribution in [-0.4, -0.2) is 26.2 Å². The van der Waals surface area contributed by atoms with E-state index in [1.165, 1.54) is 4.68 Å². The summed E-state index contributed by atoms with van der Waals surface area (Å²) in [5.41, 5.74) is 0.580. The summed E-state index contributed by atoms with van der Waals surface area (Å²) in [6.07, 6.45) is 2.49. The number of aryl methyl sites for hydroxylation is 1. The van der Waals surface area contributed by atoms with Gasteiger partial charge >= 0.3 is 5.69 Å². The first kappa shape index (κ1) is 14.4. The normalized spacial score (nSPS) is 11.0. The van der Waals surface area contributed by atoms with Gasteiger partial charge in [-0.3, -0.25) is 10.1 Å². The molecule has 0 aliphatic carbocycles. The quantitative estimate of drug-likeness (QED) is 0.654. The van der Waals surface area contributed by atoms with Crippen molar-refractivity contribution in [1.82, 2.24) is 14.8 Å². The molecule has 0 fully saturated rings. The Morgan fingerprint density at radius 2 is 2.30 bits per heavy atom. The third-order valence-corrected chi connectivity index (χ3v) is 3.73. The molecule has 0 amide bonds. The van der Waals surface area contributed by atoms with Gasteiger partial charge in [-0.1, -0.05) is 13.8 Å². The number of nitrogens with one attached hydrogen (secondary N) is 1. The standard InChI is InChI=1S/C12H17N5O2S/c1-8(2)10-11(17(18)19)12(16(3)15-10)14-5-4-9-13-6-7-20-9/h6-8,14H,4-5H2,1-3H3. The van der Waals surface area contributed by atoms with E-state index in [0.29, 0.717) is 18.1 Å². The molecular formula is C12H17N5O2S. The van der Waals surface area contributed by atoms with E-state index in [-0.39, 0.29) is 16.5 Å². The maximum atomic E-state index is 11.3. The van der Waals surface area contributed by atoms with Crippen molar-refractivity contribution in [3.63, 3.8) is 0 Å². The van der Waals surface area contributed by atoms with Gasteiger partial charge in [0.25, 0.3) is 0 Å². The molecule has 0 bridgehead atoms. The predicted molar refractivity (Wildman–Crippen MR) is 78.3 cm³/mol. The molecule has 0 saturated heterocycles. The van der Waals surface area contributed by atoms with Crippen LogP contribution in [0.2, 0.25) is 0 Å². The molecule has 0 unspecified atom stereocenters. The minimum absolute atomic E-state index is 0.0103. The van der Waals surface area contributed by atoms with Crippen LogP contribution >= 0.6 is 11.3 Å². The van der Waals surface area contributed by atoms with Crippen LogP contribution in [0.3, 0.4) is 0 Å². The number of hydrogen-bond acceptors (Lipinski definition) is 6. The molecule has 2 heterocycles. The summed E-state index contributed by atoms with van der Waals surface area (Å²) in [6.45, 7) is 4.38. The summed E-state index contributed by atoms with van der Waals surface area (Å²) < 4.78 is 1.54. The van der Waals surface area contributed by atoms with E-state index in [2.05, 4.69) is 15.4 Å². The molecule has 0 aliphatic rings. The summed E-state index contributed by atoms with van der Waals surface area (Å²) in [6, 6.07) is 0. The molecule has 0 aromatic carbocycles. The highest BCUT2D eigenvalue weighted by molar-refractivity contribution is 7.09. The fourth-order valence-corrected chi connectivity index (χ4v) is 2.59. The maximum Gasteiger partial charge on any atom is 0.334 e. The molecule has 20 heavy (non-hydrogen) atoms. The third-order valence-electron chi connectivity index (χ3n) is 2.89. The highest BCUT2D eigenvalue weighted by Gasteiger charge is 2.28. The van der Waals surface area contributed by atoms with Crippen molar-refractivity contribution in [2.75, 3.05) is 11.9 Å². The van der Waals surface area contributed by atoms with E-state index < -0.39 is 0 Å². The summed E-state index contributed by atoms with van der Waals surface area (Å²) in [5, 5.41) is 21.5. The molecular weight excluding hydrogens is 278 g/mol. The van der Waals surface area contributed by atoms with Crippen LogP contribution in [-0.2, 0) is 13.5 Å². The molecule has 0 saturated carbocycles. The van der Waals surface area contributed by atoms with Crippen LogP contribution in [0.4, 0.5) is 11.5 Å². The predicted octanol–water partition coefficient (Wildman–Crippen LogP) is 2.56. The number of nitrogens with zero attached hydrogens (tertiary/aromatic N) is 4. The van der Waals surface area contributed by atoms with Crippen LogP contribution in [0.1, 0.15) is 30.5 Å². The molecule has 1 N–H and O–H groups in total. The van der Waals surface area contributed by atoms with E-state index >= 15 is 0 Å². The Bertz CT molecular complexity index is 591. The van der Waals surface area contributed by atoms with Gasteiger partial charge in [-0.25, -0.2) is 9.67 Å². The summed E-state index contributed by atoms with van der Waals surface area (Å²) in [7, 11) is 1.71. The van der Waals surface area contributed by atoms with Crippen molar-refractivity contribution in [2.45, 2.75) is 26.2 Å². The lowest BCUT2D eigenvalue weighted by molar-refractivity contribution is -0.384. The van der Waals surface area contributed by atoms with E-state index in [1.807, 2.05) is 19.2 Å². The van der Waals surface area contributed by atoms with Gasteiger partial charge in [0.05, 0.1) is 9.93 Å². The third kappa shape index (κ3) is 2.96. The number of rotatable bonds is 6. The lowest BCUT2D eigenvalue weighted by Gasteiger charge is -2.04. The summed E-state index contributed by atoms with van der Waals surface area (Å²) in [4.78, 5) is 15.1. The van der Waals surface area contributed by atoms with Crippen LogP contribution in [0.15, 0.2) is 11.6 Å². The van der Waals surface area contributed by atoms with E-state index in [0.717, 1.165) is 11.4 Å². The fraction of sp³-hybridized carbons (Fsp3) is 0.500. The Kier molecular flexibility index (Phi) is 4.33. The second-order valence-corrected chi connectivity index (χ2v) is 5.70. The smallest absolute Gasteiger partial charge is 0.334 e. The molecule has 0 atom stereocenters. The number of hydrogen-bond donors (Lipinski definition) is 1. The van der Waals surface area contributed by atoms with Gasteiger partial charge in [-0.05, 0) is 0 Å². The molecule has 0 radical (unpaired) electrons. The van der Waals surface area contributed by atoms with Crippen molar-refractivity contribution < 1.29 is 4.92 Å². The topological polar surface area (TPSA) is 85.9 Å². The maximum absolute atomic E-state index is 11.3. The van der Waals surface area contributed by atoms with Gasteiger partial charge in [-0.15, -0.1) is 11.3 Å². The average Bonchev–Trinajstić information content (AvgIpc) is 2.98. The van der Waals surface area contributed by atoms with Crippen LogP contribution < -0.4 is 5.32 Å². The second kappa shape index (κ2) is 6.00. The van der Waals surface area contributed by atoms with Gasteiger partial charge < -0.3 is 5.32 Å². The van der Waals surface area contributed by atoms with Gasteiger partial charge in [0.1, 0.15) is 5.69 Å². The van der Waals surface area contributed by atoms with Gasteiger partial charge in [-0.2, -0.15) is 5.10 Å². The van der Waals surface area contributed by atoms with Gasteiger partial charge in [0.2, 0.25) is 5.82 Å². The first-order valence-corrected chi connectivity index (χ1v) is 7.22. The Labute approximate surface area is 120 Å². The Hall–Kier alpha value is -1.96. The van der Waals surface area contributed by atoms with E-state index in [1.54, 1.807) is 24.6 Å². The van der Waals surface area contributed by atoms with Crippen LogP contribution in [0.5, 0.6) is 0 Å². The van der Waals surface area contributed by atoms with Crippen LogP contribution in [0, 0.1) is 10.1 Å². The zero-order chi connectivity index (χ0) is 14.7.